The molecule has 8 nitrogen and oxygen atoms in total. The van der Waals surface area contributed by atoms with Crippen LogP contribution in [0.25, 0.3) is 0 Å². The quantitative estimate of drug-likeness (QED) is 0.434. The van der Waals surface area contributed by atoms with E-state index in [2.05, 4.69) is 20.3 Å². The summed E-state index contributed by atoms with van der Waals surface area (Å²) >= 11 is 0. The lowest BCUT2D eigenvalue weighted by atomic mass is 10.2. The Bertz CT molecular complexity index is 528. The molecular formula is C11H17N5O3. The molecule has 0 amide bonds. The SMILES string of the molecule is Cc1nc(N)[nH]c(=O)c1N/C=N/[C@H]1CC[C@@H](CO)O1. The lowest BCUT2D eigenvalue weighted by Gasteiger charge is -2.08. The van der Waals surface area contributed by atoms with Crippen LogP contribution in [0, 0.1) is 6.92 Å². The van der Waals surface area contributed by atoms with Crippen molar-refractivity contribution in [2.75, 3.05) is 17.7 Å². The lowest BCUT2D eigenvalue weighted by Crippen LogP contribution is -2.19. The molecule has 8 heteroatoms. The van der Waals surface area contributed by atoms with Crippen LogP contribution < -0.4 is 16.6 Å². The maximum absolute atomic E-state index is 11.6. The Morgan fingerprint density at radius 3 is 3.11 bits per heavy atom. The maximum atomic E-state index is 11.6. The Balaban J connectivity index is 1.98. The van der Waals surface area contributed by atoms with Gasteiger partial charge in [-0.05, 0) is 19.8 Å². The standard InChI is InChI=1S/C11H17N5O3/c1-6-9(10(18)16-11(12)15-6)14-5-13-8-3-2-7(4-17)19-8/h5,7-8,17H,2-4H2,1H3,(H,13,14)(H3,12,15,16,18)/t7-,8+/m0/s1. The first-order chi connectivity index (χ1) is 9.10. The molecule has 5 N–H and O–H groups in total. The molecule has 0 bridgehead atoms. The molecule has 1 saturated heterocycles. The van der Waals surface area contributed by atoms with E-state index in [4.69, 9.17) is 15.6 Å². The molecule has 1 aliphatic heterocycles. The summed E-state index contributed by atoms with van der Waals surface area (Å²) in [5.41, 5.74) is 5.86. The number of hydrogen-bond donors (Lipinski definition) is 4. The fourth-order valence-corrected chi connectivity index (χ4v) is 1.89. The van der Waals surface area contributed by atoms with Crippen molar-refractivity contribution >= 4 is 18.0 Å². The summed E-state index contributed by atoms with van der Waals surface area (Å²) in [4.78, 5) is 22.1. The van der Waals surface area contributed by atoms with Crippen molar-refractivity contribution in [3.05, 3.63) is 16.0 Å². The number of aliphatic hydroxyl groups excluding tert-OH is 1. The molecule has 2 atom stereocenters. The summed E-state index contributed by atoms with van der Waals surface area (Å²) in [6, 6.07) is 0. The predicted molar refractivity (Wildman–Crippen MR) is 71.1 cm³/mol. The minimum atomic E-state index is -0.350. The van der Waals surface area contributed by atoms with Crippen molar-refractivity contribution in [2.45, 2.75) is 32.1 Å². The summed E-state index contributed by atoms with van der Waals surface area (Å²) in [5.74, 6) is 0.0786. The van der Waals surface area contributed by atoms with Gasteiger partial charge in [0, 0.05) is 0 Å². The van der Waals surface area contributed by atoms with Crippen molar-refractivity contribution in [3.8, 4) is 0 Å². The molecule has 1 aliphatic rings. The van der Waals surface area contributed by atoms with Crippen LogP contribution in [0.2, 0.25) is 0 Å². The molecule has 104 valence electrons. The number of nitrogens with one attached hydrogen (secondary N) is 2. The van der Waals surface area contributed by atoms with Gasteiger partial charge in [0.1, 0.15) is 5.69 Å². The van der Waals surface area contributed by atoms with Crippen LogP contribution in [0.1, 0.15) is 18.5 Å². The van der Waals surface area contributed by atoms with Crippen LogP contribution in [-0.4, -0.2) is 40.4 Å². The molecular weight excluding hydrogens is 250 g/mol. The Morgan fingerprint density at radius 2 is 2.47 bits per heavy atom. The lowest BCUT2D eigenvalue weighted by molar-refractivity contribution is 0.0161. The van der Waals surface area contributed by atoms with Gasteiger partial charge in [0.15, 0.2) is 6.23 Å². The van der Waals surface area contributed by atoms with E-state index >= 15 is 0 Å². The monoisotopic (exact) mass is 267 g/mol. The Labute approximate surface area is 109 Å². The summed E-state index contributed by atoms with van der Waals surface area (Å²) < 4.78 is 5.42. The van der Waals surface area contributed by atoms with Gasteiger partial charge in [0.25, 0.3) is 5.56 Å². The number of nitrogens with two attached hydrogens (primary N) is 1. The number of anilines is 2. The second-order valence-electron chi connectivity index (χ2n) is 4.31. The average Bonchev–Trinajstić information content (AvgIpc) is 2.80. The number of rotatable bonds is 4. The number of aromatic nitrogens is 2. The molecule has 1 aromatic rings. The van der Waals surface area contributed by atoms with Crippen molar-refractivity contribution in [2.24, 2.45) is 4.99 Å². The maximum Gasteiger partial charge on any atom is 0.276 e. The molecule has 0 spiro atoms. The Hall–Kier alpha value is -1.93. The molecule has 1 fully saturated rings. The van der Waals surface area contributed by atoms with Crippen LogP contribution in [0.4, 0.5) is 11.6 Å². The van der Waals surface area contributed by atoms with Gasteiger partial charge in [-0.2, -0.15) is 0 Å². The summed E-state index contributed by atoms with van der Waals surface area (Å²) in [7, 11) is 0. The molecule has 2 heterocycles. The van der Waals surface area contributed by atoms with E-state index < -0.39 is 0 Å². The third kappa shape index (κ3) is 3.30. The van der Waals surface area contributed by atoms with E-state index in [0.717, 1.165) is 12.8 Å². The van der Waals surface area contributed by atoms with Gasteiger partial charge in [-0.25, -0.2) is 9.98 Å². The van der Waals surface area contributed by atoms with Gasteiger partial charge < -0.3 is 20.9 Å². The normalized spacial score (nSPS) is 23.1. The molecule has 0 aliphatic carbocycles. The van der Waals surface area contributed by atoms with Crippen molar-refractivity contribution in [3.63, 3.8) is 0 Å². The van der Waals surface area contributed by atoms with Crippen molar-refractivity contribution in [1.82, 2.24) is 9.97 Å². The zero-order valence-electron chi connectivity index (χ0n) is 10.6. The van der Waals surface area contributed by atoms with Gasteiger partial charge in [-0.15, -0.1) is 0 Å². The molecule has 2 rings (SSSR count). The number of aromatic amines is 1. The second kappa shape index (κ2) is 5.81. The van der Waals surface area contributed by atoms with Crippen LogP contribution >= 0.6 is 0 Å². The van der Waals surface area contributed by atoms with Gasteiger partial charge in [0.2, 0.25) is 5.95 Å². The highest BCUT2D eigenvalue weighted by Crippen LogP contribution is 2.19. The molecule has 1 aromatic heterocycles. The molecule has 0 saturated carbocycles. The van der Waals surface area contributed by atoms with E-state index in [1.807, 2.05) is 0 Å². The fourth-order valence-electron chi connectivity index (χ4n) is 1.89. The summed E-state index contributed by atoms with van der Waals surface area (Å²) in [6.07, 6.45) is 2.50. The highest BCUT2D eigenvalue weighted by Gasteiger charge is 2.23. The second-order valence-corrected chi connectivity index (χ2v) is 4.31. The number of aliphatic hydroxyl groups is 1. The number of aryl methyl sites for hydroxylation is 1. The number of nitrogens with zero attached hydrogens (tertiary/aromatic N) is 2. The number of aliphatic imine (C=N–C) groups is 1. The van der Waals surface area contributed by atoms with E-state index in [0.29, 0.717) is 11.4 Å². The minimum Gasteiger partial charge on any atom is -0.394 e. The van der Waals surface area contributed by atoms with Gasteiger partial charge in [0.05, 0.1) is 24.7 Å². The zero-order chi connectivity index (χ0) is 13.8. The highest BCUT2D eigenvalue weighted by atomic mass is 16.5. The van der Waals surface area contributed by atoms with E-state index in [-0.39, 0.29) is 30.4 Å². The largest absolute Gasteiger partial charge is 0.394 e. The first-order valence-corrected chi connectivity index (χ1v) is 6.01. The highest BCUT2D eigenvalue weighted by molar-refractivity contribution is 5.76. The summed E-state index contributed by atoms with van der Waals surface area (Å²) in [5, 5.41) is 11.7. The van der Waals surface area contributed by atoms with Crippen molar-refractivity contribution in [1.29, 1.82) is 0 Å². The topological polar surface area (TPSA) is 126 Å². The smallest absolute Gasteiger partial charge is 0.276 e. The van der Waals surface area contributed by atoms with Gasteiger partial charge in [-0.1, -0.05) is 0 Å². The number of H-pyrrole nitrogens is 1. The fraction of sp³-hybridized carbons (Fsp3) is 0.545. The molecule has 0 unspecified atom stereocenters. The number of ether oxygens (including phenoxy) is 1. The van der Waals surface area contributed by atoms with Gasteiger partial charge in [-0.3, -0.25) is 9.78 Å². The minimum absolute atomic E-state index is 0.000106. The Morgan fingerprint density at radius 1 is 1.68 bits per heavy atom. The Kier molecular flexibility index (Phi) is 4.13. The zero-order valence-corrected chi connectivity index (χ0v) is 10.6. The van der Waals surface area contributed by atoms with Crippen LogP contribution in [-0.2, 0) is 4.74 Å². The van der Waals surface area contributed by atoms with Gasteiger partial charge >= 0.3 is 0 Å². The molecule has 0 aromatic carbocycles. The third-order valence-corrected chi connectivity index (χ3v) is 2.86. The van der Waals surface area contributed by atoms with E-state index in [9.17, 15) is 4.79 Å². The first-order valence-electron chi connectivity index (χ1n) is 6.01. The molecule has 0 radical (unpaired) electrons. The van der Waals surface area contributed by atoms with Crippen LogP contribution in [0.15, 0.2) is 9.79 Å². The summed E-state index contributed by atoms with van der Waals surface area (Å²) in [6.45, 7) is 1.68. The number of hydrogen-bond acceptors (Lipinski definition) is 6. The average molecular weight is 267 g/mol. The third-order valence-electron chi connectivity index (χ3n) is 2.86. The molecule has 19 heavy (non-hydrogen) atoms. The number of nitrogen functional groups attached to an aromatic ring is 1. The predicted octanol–water partition coefficient (Wildman–Crippen LogP) is -0.402. The first kappa shape index (κ1) is 13.5. The van der Waals surface area contributed by atoms with Crippen molar-refractivity contribution < 1.29 is 9.84 Å². The van der Waals surface area contributed by atoms with E-state index in [1.54, 1.807) is 6.92 Å². The van der Waals surface area contributed by atoms with Crippen LogP contribution in [0.3, 0.4) is 0 Å². The van der Waals surface area contributed by atoms with Crippen LogP contribution in [0.5, 0.6) is 0 Å². The van der Waals surface area contributed by atoms with E-state index in [1.165, 1.54) is 6.34 Å².